The Morgan fingerprint density at radius 2 is 1.49 bits per heavy atom. The molecule has 0 aromatic heterocycles. The van der Waals surface area contributed by atoms with Crippen molar-refractivity contribution in [2.24, 2.45) is 0 Å². The van der Waals surface area contributed by atoms with Crippen LogP contribution in [0.3, 0.4) is 0 Å². The minimum absolute atomic E-state index is 0.0196. The van der Waals surface area contributed by atoms with Gasteiger partial charge < -0.3 is 10.2 Å². The number of rotatable bonds is 9. The zero-order valence-electron chi connectivity index (χ0n) is 22.0. The second-order valence-electron chi connectivity index (χ2n) is 10.0. The van der Waals surface area contributed by atoms with Crippen LogP contribution in [-0.2, 0) is 26.2 Å². The van der Waals surface area contributed by atoms with E-state index in [0.29, 0.717) is 10.6 Å². The molecule has 0 aliphatic heterocycles. The molecule has 0 spiro atoms. The Morgan fingerprint density at radius 1 is 0.872 bits per heavy atom. The number of nitrogens with zero attached hydrogens (tertiary/aromatic N) is 2. The van der Waals surface area contributed by atoms with Gasteiger partial charge in [0.1, 0.15) is 12.6 Å². The van der Waals surface area contributed by atoms with Crippen LogP contribution in [0.25, 0.3) is 0 Å². The van der Waals surface area contributed by atoms with Crippen molar-refractivity contribution in [1.82, 2.24) is 10.2 Å². The lowest BCUT2D eigenvalue weighted by Crippen LogP contribution is -2.54. The predicted molar refractivity (Wildman–Crippen MR) is 157 cm³/mol. The molecule has 3 aromatic carbocycles. The van der Waals surface area contributed by atoms with E-state index in [9.17, 15) is 18.0 Å². The smallest absolute Gasteiger partial charge is 0.264 e. The highest BCUT2D eigenvalue weighted by Crippen LogP contribution is 2.30. The lowest BCUT2D eigenvalue weighted by molar-refractivity contribution is -0.140. The first-order valence-corrected chi connectivity index (χ1v) is 14.6. The maximum Gasteiger partial charge on any atom is 0.264 e. The first-order valence-electron chi connectivity index (χ1n) is 12.1. The molecule has 2 amide bonds. The van der Waals surface area contributed by atoms with Gasteiger partial charge in [0.2, 0.25) is 11.8 Å². The van der Waals surface area contributed by atoms with Crippen molar-refractivity contribution in [2.75, 3.05) is 10.8 Å². The van der Waals surface area contributed by atoms with Gasteiger partial charge in [-0.15, -0.1) is 0 Å². The molecule has 0 saturated carbocycles. The van der Waals surface area contributed by atoms with E-state index in [-0.39, 0.29) is 33.1 Å². The van der Waals surface area contributed by atoms with Gasteiger partial charge in [-0.25, -0.2) is 8.42 Å². The van der Waals surface area contributed by atoms with Crippen LogP contribution in [0.15, 0.2) is 77.7 Å². The van der Waals surface area contributed by atoms with Gasteiger partial charge in [-0.05, 0) is 75.7 Å². The maximum atomic E-state index is 13.9. The quantitative estimate of drug-likeness (QED) is 0.314. The van der Waals surface area contributed by atoms with Crippen LogP contribution in [0.1, 0.15) is 33.3 Å². The molecular formula is C28H30Cl3N3O4S. The first kappa shape index (κ1) is 30.8. The fourth-order valence-corrected chi connectivity index (χ4v) is 5.97. The van der Waals surface area contributed by atoms with E-state index in [4.69, 9.17) is 34.8 Å². The normalized spacial score (nSPS) is 12.5. The Balaban J connectivity index is 2.06. The Bertz CT molecular complexity index is 1420. The Labute approximate surface area is 244 Å². The molecule has 0 unspecified atom stereocenters. The summed E-state index contributed by atoms with van der Waals surface area (Å²) in [7, 11) is -4.22. The van der Waals surface area contributed by atoms with E-state index in [2.05, 4.69) is 5.32 Å². The molecule has 0 aliphatic carbocycles. The average molecular weight is 611 g/mol. The highest BCUT2D eigenvalue weighted by atomic mass is 35.5. The second-order valence-corrected chi connectivity index (χ2v) is 13.2. The van der Waals surface area contributed by atoms with Crippen molar-refractivity contribution in [3.8, 4) is 0 Å². The van der Waals surface area contributed by atoms with Gasteiger partial charge in [0.25, 0.3) is 10.0 Å². The number of anilines is 1. The minimum Gasteiger partial charge on any atom is -0.350 e. The van der Waals surface area contributed by atoms with Crippen LogP contribution in [0.5, 0.6) is 0 Å². The third kappa shape index (κ3) is 8.35. The van der Waals surface area contributed by atoms with Gasteiger partial charge in [-0.2, -0.15) is 0 Å². The molecule has 11 heteroatoms. The summed E-state index contributed by atoms with van der Waals surface area (Å²) in [6, 6.07) is 18.0. The van der Waals surface area contributed by atoms with Crippen LogP contribution < -0.4 is 9.62 Å². The number of sulfonamides is 1. The predicted octanol–water partition coefficient (Wildman–Crippen LogP) is 6.17. The number of benzene rings is 3. The van der Waals surface area contributed by atoms with Gasteiger partial charge in [-0.3, -0.25) is 13.9 Å². The zero-order valence-corrected chi connectivity index (χ0v) is 25.1. The Morgan fingerprint density at radius 3 is 2.05 bits per heavy atom. The highest BCUT2D eigenvalue weighted by molar-refractivity contribution is 7.92. The SMILES string of the molecule is C[C@H](C(=O)NC(C)(C)C)N(Cc1cccc(Cl)c1)C(=O)CN(c1cc(Cl)cc(Cl)c1)S(=O)(=O)c1ccccc1. The summed E-state index contributed by atoms with van der Waals surface area (Å²) in [4.78, 5) is 28.4. The van der Waals surface area contributed by atoms with Crippen LogP contribution in [0.4, 0.5) is 5.69 Å². The molecule has 0 radical (unpaired) electrons. The monoisotopic (exact) mass is 609 g/mol. The van der Waals surface area contributed by atoms with Gasteiger partial charge >= 0.3 is 0 Å². The molecule has 0 aliphatic rings. The number of amides is 2. The van der Waals surface area contributed by atoms with Crippen molar-refractivity contribution in [1.29, 1.82) is 0 Å². The van der Waals surface area contributed by atoms with E-state index in [1.54, 1.807) is 49.4 Å². The summed E-state index contributed by atoms with van der Waals surface area (Å²) in [5.41, 5.74) is 0.241. The zero-order chi connectivity index (χ0) is 29.0. The molecule has 0 saturated heterocycles. The van der Waals surface area contributed by atoms with Crippen LogP contribution in [-0.4, -0.2) is 43.3 Å². The van der Waals surface area contributed by atoms with Crippen molar-refractivity contribution >= 4 is 62.3 Å². The van der Waals surface area contributed by atoms with Crippen molar-refractivity contribution in [3.63, 3.8) is 0 Å². The largest absolute Gasteiger partial charge is 0.350 e. The molecule has 0 heterocycles. The molecule has 1 N–H and O–H groups in total. The first-order chi connectivity index (χ1) is 18.2. The Kier molecular flexibility index (Phi) is 9.93. The minimum atomic E-state index is -4.22. The van der Waals surface area contributed by atoms with Crippen LogP contribution in [0, 0.1) is 0 Å². The molecule has 0 bridgehead atoms. The molecule has 3 rings (SSSR count). The van der Waals surface area contributed by atoms with Crippen molar-refractivity contribution in [2.45, 2.75) is 50.7 Å². The molecule has 1 atom stereocenters. The van der Waals surface area contributed by atoms with E-state index in [1.165, 1.54) is 35.2 Å². The van der Waals surface area contributed by atoms with Crippen molar-refractivity contribution in [3.05, 3.63) is 93.4 Å². The number of carbonyl (C=O) groups is 2. The molecule has 3 aromatic rings. The molecule has 39 heavy (non-hydrogen) atoms. The fraction of sp³-hybridized carbons (Fsp3) is 0.286. The van der Waals surface area contributed by atoms with Crippen LogP contribution >= 0.6 is 34.8 Å². The van der Waals surface area contributed by atoms with Gasteiger partial charge in [0.15, 0.2) is 0 Å². The molecule has 7 nitrogen and oxygen atoms in total. The molecular weight excluding hydrogens is 581 g/mol. The number of nitrogens with one attached hydrogen (secondary N) is 1. The summed E-state index contributed by atoms with van der Waals surface area (Å²) in [6.07, 6.45) is 0. The highest BCUT2D eigenvalue weighted by Gasteiger charge is 2.33. The summed E-state index contributed by atoms with van der Waals surface area (Å²) < 4.78 is 28.5. The third-order valence-electron chi connectivity index (χ3n) is 5.65. The second kappa shape index (κ2) is 12.6. The molecule has 0 fully saturated rings. The third-order valence-corrected chi connectivity index (χ3v) is 8.11. The maximum absolute atomic E-state index is 13.9. The fourth-order valence-electron chi connectivity index (χ4n) is 3.82. The average Bonchev–Trinajstić information content (AvgIpc) is 2.84. The van der Waals surface area contributed by atoms with E-state index in [0.717, 1.165) is 4.31 Å². The Hall–Kier alpha value is -2.78. The lowest BCUT2D eigenvalue weighted by atomic mass is 10.1. The van der Waals surface area contributed by atoms with Crippen molar-refractivity contribution < 1.29 is 18.0 Å². The van der Waals surface area contributed by atoms with E-state index >= 15 is 0 Å². The number of halogens is 3. The summed E-state index contributed by atoms with van der Waals surface area (Å²) >= 11 is 18.6. The summed E-state index contributed by atoms with van der Waals surface area (Å²) in [5.74, 6) is -0.997. The lowest BCUT2D eigenvalue weighted by Gasteiger charge is -2.33. The number of hydrogen-bond acceptors (Lipinski definition) is 4. The topological polar surface area (TPSA) is 86.8 Å². The van der Waals surface area contributed by atoms with Crippen LogP contribution in [0.2, 0.25) is 15.1 Å². The summed E-state index contributed by atoms with van der Waals surface area (Å²) in [6.45, 7) is 6.50. The number of carbonyl (C=O) groups excluding carboxylic acids is 2. The molecule has 208 valence electrons. The van der Waals surface area contributed by atoms with Gasteiger partial charge in [0, 0.05) is 27.2 Å². The number of hydrogen-bond donors (Lipinski definition) is 1. The van der Waals surface area contributed by atoms with Gasteiger partial charge in [0.05, 0.1) is 10.6 Å². The van der Waals surface area contributed by atoms with Gasteiger partial charge in [-0.1, -0.05) is 65.1 Å². The van der Waals surface area contributed by atoms with E-state index in [1.807, 2.05) is 20.8 Å². The standard InChI is InChI=1S/C28H30Cl3N3O4S/c1-19(27(36)32-28(2,3)4)33(17-20-9-8-10-21(29)13-20)26(35)18-34(24-15-22(30)14-23(31)16-24)39(37,38)25-11-6-5-7-12-25/h5-16,19H,17-18H2,1-4H3,(H,32,36)/t19-/m1/s1. The summed E-state index contributed by atoms with van der Waals surface area (Å²) in [5, 5.41) is 3.75. The van der Waals surface area contributed by atoms with E-state index < -0.39 is 34.1 Å².